The Bertz CT molecular complexity index is 598. The summed E-state index contributed by atoms with van der Waals surface area (Å²) in [4.78, 5) is 4.37. The summed E-state index contributed by atoms with van der Waals surface area (Å²) in [6.07, 6.45) is 2.27. The SMILES string of the molecule is OC1(c2nc(Br)cs2)CCc2cc(Br)ccc2C1. The molecule has 94 valence electrons. The summed E-state index contributed by atoms with van der Waals surface area (Å²) < 4.78 is 1.90. The second-order valence-corrected chi connectivity index (χ2v) is 7.18. The van der Waals surface area contributed by atoms with E-state index >= 15 is 0 Å². The molecular weight excluding hydrogens is 378 g/mol. The standard InChI is InChI=1S/C13H11Br2NOS/c14-10-2-1-9-6-13(17,4-3-8(9)5-10)12-16-11(15)7-18-12/h1-2,5,7,17H,3-4,6H2. The van der Waals surface area contributed by atoms with Crippen LogP contribution >= 0.6 is 43.2 Å². The van der Waals surface area contributed by atoms with Gasteiger partial charge in [0, 0.05) is 16.3 Å². The number of hydrogen-bond donors (Lipinski definition) is 1. The third-order valence-electron chi connectivity index (χ3n) is 3.33. The second-order valence-electron chi connectivity index (χ2n) is 4.60. The Hall–Kier alpha value is -0.230. The Kier molecular flexibility index (Phi) is 3.34. The molecule has 1 unspecified atom stereocenters. The van der Waals surface area contributed by atoms with E-state index in [1.165, 1.54) is 22.5 Å². The molecule has 1 aliphatic carbocycles. The van der Waals surface area contributed by atoms with Gasteiger partial charge in [0.25, 0.3) is 0 Å². The molecule has 0 bridgehead atoms. The lowest BCUT2D eigenvalue weighted by Gasteiger charge is -2.31. The van der Waals surface area contributed by atoms with E-state index in [0.717, 1.165) is 26.9 Å². The number of halogens is 2. The number of aliphatic hydroxyl groups is 1. The fourth-order valence-corrected chi connectivity index (χ4v) is 4.18. The quantitative estimate of drug-likeness (QED) is 0.799. The van der Waals surface area contributed by atoms with Gasteiger partial charge in [-0.1, -0.05) is 22.0 Å². The molecule has 1 aromatic heterocycles. The van der Waals surface area contributed by atoms with E-state index in [0.29, 0.717) is 6.42 Å². The van der Waals surface area contributed by atoms with Crippen molar-refractivity contribution >= 4 is 43.2 Å². The number of hydrogen-bond acceptors (Lipinski definition) is 3. The van der Waals surface area contributed by atoms with Crippen molar-refractivity contribution in [1.29, 1.82) is 0 Å². The van der Waals surface area contributed by atoms with Crippen molar-refractivity contribution in [2.24, 2.45) is 0 Å². The molecular formula is C13H11Br2NOS. The third-order valence-corrected chi connectivity index (χ3v) is 5.57. The van der Waals surface area contributed by atoms with Gasteiger partial charge in [-0.05, 0) is 52.0 Å². The molecule has 0 amide bonds. The zero-order valence-corrected chi connectivity index (χ0v) is 13.5. The van der Waals surface area contributed by atoms with Crippen molar-refractivity contribution in [2.75, 3.05) is 0 Å². The minimum atomic E-state index is -0.808. The predicted octanol–water partition coefficient (Wildman–Crippen LogP) is 4.04. The van der Waals surface area contributed by atoms with Crippen LogP contribution in [0.2, 0.25) is 0 Å². The van der Waals surface area contributed by atoms with Gasteiger partial charge in [0.05, 0.1) is 0 Å². The molecule has 0 aliphatic heterocycles. The van der Waals surface area contributed by atoms with E-state index in [-0.39, 0.29) is 0 Å². The molecule has 1 aliphatic rings. The monoisotopic (exact) mass is 387 g/mol. The highest BCUT2D eigenvalue weighted by molar-refractivity contribution is 9.10. The van der Waals surface area contributed by atoms with Crippen molar-refractivity contribution in [2.45, 2.75) is 24.9 Å². The number of aryl methyl sites for hydroxylation is 1. The van der Waals surface area contributed by atoms with Crippen molar-refractivity contribution < 1.29 is 5.11 Å². The summed E-state index contributed by atoms with van der Waals surface area (Å²) in [5.41, 5.74) is 1.74. The van der Waals surface area contributed by atoms with Crippen LogP contribution in [0.1, 0.15) is 22.6 Å². The van der Waals surface area contributed by atoms with Crippen LogP contribution in [-0.4, -0.2) is 10.1 Å². The first-order valence-electron chi connectivity index (χ1n) is 5.68. The van der Waals surface area contributed by atoms with Crippen molar-refractivity contribution in [3.05, 3.63) is 48.8 Å². The van der Waals surface area contributed by atoms with Gasteiger partial charge in [0.15, 0.2) is 0 Å². The van der Waals surface area contributed by atoms with Crippen molar-refractivity contribution in [1.82, 2.24) is 4.98 Å². The van der Waals surface area contributed by atoms with Crippen molar-refractivity contribution in [3.8, 4) is 0 Å². The van der Waals surface area contributed by atoms with E-state index in [1.807, 2.05) is 11.4 Å². The van der Waals surface area contributed by atoms with Crippen LogP contribution in [-0.2, 0) is 18.4 Å². The highest BCUT2D eigenvalue weighted by atomic mass is 79.9. The summed E-state index contributed by atoms with van der Waals surface area (Å²) in [5, 5.41) is 13.5. The maximum atomic E-state index is 10.8. The van der Waals surface area contributed by atoms with Crippen LogP contribution in [0.4, 0.5) is 0 Å². The molecule has 2 nitrogen and oxygen atoms in total. The summed E-state index contributed by atoms with van der Waals surface area (Å²) in [6, 6.07) is 6.27. The van der Waals surface area contributed by atoms with Gasteiger partial charge in [0.1, 0.15) is 15.2 Å². The van der Waals surface area contributed by atoms with Gasteiger partial charge >= 0.3 is 0 Å². The molecule has 1 heterocycles. The number of fused-ring (bicyclic) bond motifs is 1. The third kappa shape index (κ3) is 2.29. The lowest BCUT2D eigenvalue weighted by molar-refractivity contribution is 0.0219. The van der Waals surface area contributed by atoms with Gasteiger partial charge in [-0.2, -0.15) is 0 Å². The fraction of sp³-hybridized carbons (Fsp3) is 0.308. The average molecular weight is 389 g/mol. The lowest BCUT2D eigenvalue weighted by atomic mass is 9.81. The van der Waals surface area contributed by atoms with E-state index in [2.05, 4.69) is 49.0 Å². The van der Waals surface area contributed by atoms with Gasteiger partial charge in [-0.15, -0.1) is 11.3 Å². The number of thiazole rings is 1. The zero-order chi connectivity index (χ0) is 12.8. The normalized spacial score (nSPS) is 22.8. The molecule has 0 saturated carbocycles. The minimum Gasteiger partial charge on any atom is -0.382 e. The molecule has 1 atom stereocenters. The number of aromatic nitrogens is 1. The topological polar surface area (TPSA) is 33.1 Å². The van der Waals surface area contributed by atoms with E-state index in [4.69, 9.17) is 0 Å². The lowest BCUT2D eigenvalue weighted by Crippen LogP contribution is -2.33. The van der Waals surface area contributed by atoms with Gasteiger partial charge in [-0.25, -0.2) is 4.98 Å². The van der Waals surface area contributed by atoms with Crippen LogP contribution in [0.15, 0.2) is 32.7 Å². The highest BCUT2D eigenvalue weighted by Gasteiger charge is 2.36. The predicted molar refractivity (Wildman–Crippen MR) is 79.9 cm³/mol. The number of rotatable bonds is 1. The maximum Gasteiger partial charge on any atom is 0.126 e. The van der Waals surface area contributed by atoms with Crippen LogP contribution in [0, 0.1) is 0 Å². The molecule has 3 rings (SSSR count). The smallest absolute Gasteiger partial charge is 0.126 e. The summed E-state index contributed by atoms with van der Waals surface area (Å²) in [7, 11) is 0. The Balaban J connectivity index is 1.96. The highest BCUT2D eigenvalue weighted by Crippen LogP contribution is 2.39. The molecule has 18 heavy (non-hydrogen) atoms. The zero-order valence-electron chi connectivity index (χ0n) is 9.49. The Morgan fingerprint density at radius 1 is 1.28 bits per heavy atom. The van der Waals surface area contributed by atoms with Crippen LogP contribution in [0.5, 0.6) is 0 Å². The first-order chi connectivity index (χ1) is 8.57. The number of nitrogens with zero attached hydrogens (tertiary/aromatic N) is 1. The van der Waals surface area contributed by atoms with Gasteiger partial charge in [0.2, 0.25) is 0 Å². The average Bonchev–Trinajstić information content (AvgIpc) is 2.77. The van der Waals surface area contributed by atoms with Gasteiger partial charge < -0.3 is 5.11 Å². The first-order valence-corrected chi connectivity index (χ1v) is 8.15. The second kappa shape index (κ2) is 4.71. The first kappa shape index (κ1) is 12.8. The summed E-state index contributed by atoms with van der Waals surface area (Å²) in [6.45, 7) is 0. The van der Waals surface area contributed by atoms with E-state index < -0.39 is 5.60 Å². The Morgan fingerprint density at radius 3 is 2.83 bits per heavy atom. The van der Waals surface area contributed by atoms with Crippen LogP contribution < -0.4 is 0 Å². The molecule has 1 aromatic carbocycles. The van der Waals surface area contributed by atoms with Crippen LogP contribution in [0.3, 0.4) is 0 Å². The number of benzene rings is 1. The Morgan fingerprint density at radius 2 is 2.11 bits per heavy atom. The van der Waals surface area contributed by atoms with Gasteiger partial charge in [-0.3, -0.25) is 0 Å². The summed E-state index contributed by atoms with van der Waals surface area (Å²) >= 11 is 8.35. The maximum absolute atomic E-state index is 10.8. The van der Waals surface area contributed by atoms with E-state index in [1.54, 1.807) is 0 Å². The minimum absolute atomic E-state index is 0.648. The molecule has 5 heteroatoms. The molecule has 1 N–H and O–H groups in total. The van der Waals surface area contributed by atoms with Crippen molar-refractivity contribution in [3.63, 3.8) is 0 Å². The molecule has 2 aromatic rings. The molecule has 0 saturated heterocycles. The Labute approximate surface area is 126 Å². The van der Waals surface area contributed by atoms with E-state index in [9.17, 15) is 5.11 Å². The fourth-order valence-electron chi connectivity index (χ4n) is 2.40. The largest absolute Gasteiger partial charge is 0.382 e. The van der Waals surface area contributed by atoms with Crippen LogP contribution in [0.25, 0.3) is 0 Å². The molecule has 0 radical (unpaired) electrons. The molecule has 0 fully saturated rings. The summed E-state index contributed by atoms with van der Waals surface area (Å²) in [5.74, 6) is 0. The molecule has 0 spiro atoms.